The number of hydrogen-bond donors (Lipinski definition) is 3. The maximum atomic E-state index is 9.80. The molecule has 0 spiro atoms. The zero-order valence-electron chi connectivity index (χ0n) is 13.2. The SMILES string of the molecule is CCc1ccc(NC(N)=NCc2cc(OC)ccc2O)cc1.I. The molecular formula is C17H22IN3O2. The highest BCUT2D eigenvalue weighted by Crippen LogP contribution is 2.23. The number of hydrogen-bond acceptors (Lipinski definition) is 3. The van der Waals surface area contributed by atoms with E-state index in [1.54, 1.807) is 25.3 Å². The standard InChI is InChI=1S/C17H21N3O2.HI/c1-3-12-4-6-14(7-5-12)20-17(18)19-11-13-10-15(22-2)8-9-16(13)21;/h4-10,21H,3,11H2,1-2H3,(H3,18,19,20);1H. The Bertz CT molecular complexity index is 657. The van der Waals surface area contributed by atoms with Crippen molar-refractivity contribution in [2.45, 2.75) is 19.9 Å². The third-order valence-corrected chi connectivity index (χ3v) is 3.34. The lowest BCUT2D eigenvalue weighted by Crippen LogP contribution is -2.22. The van der Waals surface area contributed by atoms with Gasteiger partial charge in [0.15, 0.2) is 5.96 Å². The van der Waals surface area contributed by atoms with Crippen LogP contribution >= 0.6 is 24.0 Å². The summed E-state index contributed by atoms with van der Waals surface area (Å²) in [7, 11) is 1.58. The van der Waals surface area contributed by atoms with E-state index in [-0.39, 0.29) is 36.3 Å². The molecular weight excluding hydrogens is 405 g/mol. The van der Waals surface area contributed by atoms with Crippen molar-refractivity contribution in [3.05, 3.63) is 53.6 Å². The predicted octanol–water partition coefficient (Wildman–Crippen LogP) is 3.51. The molecule has 124 valence electrons. The summed E-state index contributed by atoms with van der Waals surface area (Å²) in [6.45, 7) is 2.38. The monoisotopic (exact) mass is 427 g/mol. The molecule has 0 aromatic heterocycles. The largest absolute Gasteiger partial charge is 0.508 e. The van der Waals surface area contributed by atoms with Crippen LogP contribution in [-0.2, 0) is 13.0 Å². The molecule has 0 heterocycles. The van der Waals surface area contributed by atoms with Crippen LogP contribution in [0.5, 0.6) is 11.5 Å². The van der Waals surface area contributed by atoms with Gasteiger partial charge in [0.1, 0.15) is 11.5 Å². The Balaban J connectivity index is 0.00000264. The smallest absolute Gasteiger partial charge is 0.193 e. The number of aromatic hydroxyl groups is 1. The van der Waals surface area contributed by atoms with Gasteiger partial charge in [0.05, 0.1) is 13.7 Å². The lowest BCUT2D eigenvalue weighted by atomic mass is 10.1. The third-order valence-electron chi connectivity index (χ3n) is 3.34. The van der Waals surface area contributed by atoms with Crippen molar-refractivity contribution in [2.24, 2.45) is 10.7 Å². The summed E-state index contributed by atoms with van der Waals surface area (Å²) in [6, 6.07) is 13.0. The van der Waals surface area contributed by atoms with E-state index in [4.69, 9.17) is 10.5 Å². The molecule has 0 amide bonds. The summed E-state index contributed by atoms with van der Waals surface area (Å²) in [5, 5.41) is 12.8. The Labute approximate surface area is 153 Å². The number of anilines is 1. The first-order valence-electron chi connectivity index (χ1n) is 7.14. The number of rotatable bonds is 5. The van der Waals surface area contributed by atoms with Crippen LogP contribution in [0, 0.1) is 0 Å². The van der Waals surface area contributed by atoms with E-state index in [1.165, 1.54) is 5.56 Å². The molecule has 0 aliphatic carbocycles. The molecule has 0 atom stereocenters. The van der Waals surface area contributed by atoms with E-state index in [1.807, 2.05) is 24.3 Å². The van der Waals surface area contributed by atoms with Gasteiger partial charge in [-0.25, -0.2) is 4.99 Å². The van der Waals surface area contributed by atoms with Gasteiger partial charge in [-0.2, -0.15) is 0 Å². The number of aliphatic imine (C=N–C) groups is 1. The molecule has 2 rings (SSSR count). The number of guanidine groups is 1. The van der Waals surface area contributed by atoms with Crippen LogP contribution in [-0.4, -0.2) is 18.2 Å². The van der Waals surface area contributed by atoms with Gasteiger partial charge in [-0.15, -0.1) is 24.0 Å². The summed E-state index contributed by atoms with van der Waals surface area (Å²) >= 11 is 0. The van der Waals surface area contributed by atoms with Crippen molar-refractivity contribution in [1.29, 1.82) is 0 Å². The summed E-state index contributed by atoms with van der Waals surface area (Å²) in [6.07, 6.45) is 0.999. The highest BCUT2D eigenvalue weighted by Gasteiger charge is 2.03. The van der Waals surface area contributed by atoms with E-state index in [0.717, 1.165) is 12.1 Å². The van der Waals surface area contributed by atoms with Crippen LogP contribution in [0.4, 0.5) is 5.69 Å². The van der Waals surface area contributed by atoms with Gasteiger partial charge >= 0.3 is 0 Å². The lowest BCUT2D eigenvalue weighted by molar-refractivity contribution is 0.411. The average Bonchev–Trinajstić information content (AvgIpc) is 2.55. The number of nitrogens with one attached hydrogen (secondary N) is 1. The van der Waals surface area contributed by atoms with E-state index in [0.29, 0.717) is 17.3 Å². The molecule has 0 fully saturated rings. The predicted molar refractivity (Wildman–Crippen MR) is 105 cm³/mol. The van der Waals surface area contributed by atoms with Crippen molar-refractivity contribution in [3.63, 3.8) is 0 Å². The van der Waals surface area contributed by atoms with E-state index >= 15 is 0 Å². The molecule has 6 heteroatoms. The fourth-order valence-corrected chi connectivity index (χ4v) is 2.00. The number of nitrogens with two attached hydrogens (primary N) is 1. The molecule has 2 aromatic rings. The average molecular weight is 427 g/mol. The Morgan fingerprint density at radius 3 is 2.52 bits per heavy atom. The molecule has 5 nitrogen and oxygen atoms in total. The van der Waals surface area contributed by atoms with E-state index in [2.05, 4.69) is 17.2 Å². The number of phenols is 1. The fourth-order valence-electron chi connectivity index (χ4n) is 2.00. The number of phenolic OH excluding ortho intramolecular Hbond substituents is 1. The highest BCUT2D eigenvalue weighted by molar-refractivity contribution is 14.0. The highest BCUT2D eigenvalue weighted by atomic mass is 127. The Morgan fingerprint density at radius 1 is 1.22 bits per heavy atom. The Morgan fingerprint density at radius 2 is 1.91 bits per heavy atom. The van der Waals surface area contributed by atoms with Crippen molar-refractivity contribution in [2.75, 3.05) is 12.4 Å². The maximum Gasteiger partial charge on any atom is 0.193 e. The van der Waals surface area contributed by atoms with Crippen molar-refractivity contribution < 1.29 is 9.84 Å². The van der Waals surface area contributed by atoms with Gasteiger partial charge in [0.25, 0.3) is 0 Å². The number of halogens is 1. The van der Waals surface area contributed by atoms with Crippen LogP contribution in [0.25, 0.3) is 0 Å². The first kappa shape index (κ1) is 19.1. The zero-order valence-corrected chi connectivity index (χ0v) is 15.6. The minimum Gasteiger partial charge on any atom is -0.508 e. The quantitative estimate of drug-likeness (QED) is 0.388. The third kappa shape index (κ3) is 5.63. The van der Waals surface area contributed by atoms with Gasteiger partial charge in [-0.3, -0.25) is 0 Å². The van der Waals surface area contributed by atoms with Gasteiger partial charge in [0, 0.05) is 11.3 Å². The maximum absolute atomic E-state index is 9.80. The first-order valence-corrected chi connectivity index (χ1v) is 7.14. The molecule has 0 saturated heterocycles. The molecule has 0 aliphatic heterocycles. The normalized spacial score (nSPS) is 10.8. The minimum atomic E-state index is 0. The van der Waals surface area contributed by atoms with Gasteiger partial charge in [-0.1, -0.05) is 19.1 Å². The number of benzene rings is 2. The van der Waals surface area contributed by atoms with Crippen molar-refractivity contribution in [1.82, 2.24) is 0 Å². The molecule has 0 unspecified atom stereocenters. The van der Waals surface area contributed by atoms with Crippen LogP contribution < -0.4 is 15.8 Å². The van der Waals surface area contributed by atoms with Crippen LogP contribution in [0.3, 0.4) is 0 Å². The molecule has 23 heavy (non-hydrogen) atoms. The summed E-state index contributed by atoms with van der Waals surface area (Å²) < 4.78 is 5.13. The molecule has 0 aliphatic rings. The van der Waals surface area contributed by atoms with Crippen LogP contribution in [0.15, 0.2) is 47.5 Å². The number of nitrogens with zero attached hydrogens (tertiary/aromatic N) is 1. The Kier molecular flexibility index (Phi) is 7.67. The fraction of sp³-hybridized carbons (Fsp3) is 0.235. The molecule has 0 bridgehead atoms. The second kappa shape index (κ2) is 9.24. The van der Waals surface area contributed by atoms with Gasteiger partial charge in [-0.05, 0) is 42.3 Å². The summed E-state index contributed by atoms with van der Waals surface area (Å²) in [5.74, 6) is 1.14. The second-order valence-corrected chi connectivity index (χ2v) is 4.87. The lowest BCUT2D eigenvalue weighted by Gasteiger charge is -2.08. The second-order valence-electron chi connectivity index (χ2n) is 4.87. The number of methoxy groups -OCH3 is 1. The first-order chi connectivity index (χ1) is 10.6. The molecule has 4 N–H and O–H groups in total. The van der Waals surface area contributed by atoms with Gasteiger partial charge < -0.3 is 20.9 Å². The molecule has 2 aromatic carbocycles. The van der Waals surface area contributed by atoms with Crippen molar-refractivity contribution >= 4 is 35.6 Å². The molecule has 0 saturated carbocycles. The van der Waals surface area contributed by atoms with Crippen LogP contribution in [0.2, 0.25) is 0 Å². The summed E-state index contributed by atoms with van der Waals surface area (Å²) in [4.78, 5) is 4.24. The minimum absolute atomic E-state index is 0. The van der Waals surface area contributed by atoms with Gasteiger partial charge in [0.2, 0.25) is 0 Å². The summed E-state index contributed by atoms with van der Waals surface area (Å²) in [5.41, 5.74) is 8.68. The van der Waals surface area contributed by atoms with E-state index < -0.39 is 0 Å². The Hall–Kier alpha value is -1.96. The number of ether oxygens (including phenoxy) is 1. The van der Waals surface area contributed by atoms with Crippen LogP contribution in [0.1, 0.15) is 18.1 Å². The zero-order chi connectivity index (χ0) is 15.9. The topological polar surface area (TPSA) is 79.9 Å². The van der Waals surface area contributed by atoms with Crippen molar-refractivity contribution in [3.8, 4) is 11.5 Å². The molecule has 0 radical (unpaired) electrons. The number of aryl methyl sites for hydroxylation is 1. The van der Waals surface area contributed by atoms with E-state index in [9.17, 15) is 5.11 Å².